The van der Waals surface area contributed by atoms with Gasteiger partial charge in [-0.3, -0.25) is 4.79 Å². The van der Waals surface area contributed by atoms with E-state index in [4.69, 9.17) is 0 Å². The molecule has 0 aliphatic carbocycles. The molecule has 0 radical (unpaired) electrons. The van der Waals surface area contributed by atoms with E-state index in [2.05, 4.69) is 5.32 Å². The zero-order chi connectivity index (χ0) is 16.5. The summed E-state index contributed by atoms with van der Waals surface area (Å²) in [5.74, 6) is -0.0377. The summed E-state index contributed by atoms with van der Waals surface area (Å²) in [6, 6.07) is 20.1. The van der Waals surface area contributed by atoms with Crippen molar-refractivity contribution in [1.82, 2.24) is 5.32 Å². The smallest absolute Gasteiger partial charge is 0.216 e. The van der Waals surface area contributed by atoms with E-state index in [1.165, 1.54) is 6.92 Å². The average molecular weight is 309 g/mol. The number of benzene rings is 2. The topological polar surface area (TPSA) is 49.3 Å². The molecule has 0 heterocycles. The Hall–Kier alpha value is -2.39. The molecular formula is C20H23NO2. The van der Waals surface area contributed by atoms with Crippen molar-refractivity contribution in [2.75, 3.05) is 6.54 Å². The first-order valence-electron chi connectivity index (χ1n) is 7.92. The molecule has 1 amide bonds. The number of hydrogen-bond donors (Lipinski definition) is 2. The van der Waals surface area contributed by atoms with Crippen LogP contribution in [0.1, 0.15) is 30.9 Å². The van der Waals surface area contributed by atoms with E-state index < -0.39 is 6.10 Å². The molecule has 1 unspecified atom stereocenters. The summed E-state index contributed by atoms with van der Waals surface area (Å²) in [5.41, 5.74) is 3.19. The van der Waals surface area contributed by atoms with Gasteiger partial charge in [-0.1, -0.05) is 60.7 Å². The zero-order valence-electron chi connectivity index (χ0n) is 13.4. The van der Waals surface area contributed by atoms with Crippen molar-refractivity contribution in [3.8, 4) is 0 Å². The van der Waals surface area contributed by atoms with Crippen LogP contribution in [0.5, 0.6) is 0 Å². The number of carbonyl (C=O) groups excluding carboxylic acids is 1. The van der Waals surface area contributed by atoms with Crippen molar-refractivity contribution in [3.05, 3.63) is 77.9 Å². The molecule has 0 fully saturated rings. The molecule has 0 aliphatic rings. The molecule has 2 rings (SSSR count). The van der Waals surface area contributed by atoms with Crippen LogP contribution in [0.4, 0.5) is 0 Å². The molecule has 2 aromatic carbocycles. The van der Waals surface area contributed by atoms with Gasteiger partial charge in [-0.05, 0) is 35.6 Å². The Morgan fingerprint density at radius 1 is 1.04 bits per heavy atom. The maximum atomic E-state index is 10.9. The largest absolute Gasteiger partial charge is 0.389 e. The van der Waals surface area contributed by atoms with E-state index in [0.717, 1.165) is 23.1 Å². The van der Waals surface area contributed by atoms with Crippen LogP contribution in [-0.2, 0) is 4.79 Å². The highest BCUT2D eigenvalue weighted by molar-refractivity contribution is 5.80. The van der Waals surface area contributed by atoms with E-state index in [9.17, 15) is 9.90 Å². The normalized spacial score (nSPS) is 11.6. The van der Waals surface area contributed by atoms with E-state index in [1.807, 2.05) is 66.7 Å². The van der Waals surface area contributed by atoms with Gasteiger partial charge in [0.15, 0.2) is 0 Å². The molecule has 2 N–H and O–H groups in total. The van der Waals surface area contributed by atoms with Gasteiger partial charge in [0, 0.05) is 13.5 Å². The first-order valence-corrected chi connectivity index (χ1v) is 7.92. The van der Waals surface area contributed by atoms with E-state index >= 15 is 0 Å². The highest BCUT2D eigenvalue weighted by Gasteiger charge is 2.08. The third kappa shape index (κ3) is 5.72. The van der Waals surface area contributed by atoms with Crippen molar-refractivity contribution < 1.29 is 9.90 Å². The maximum Gasteiger partial charge on any atom is 0.216 e. The lowest BCUT2D eigenvalue weighted by Crippen LogP contribution is -2.21. The second-order valence-electron chi connectivity index (χ2n) is 5.50. The molecule has 1 atom stereocenters. The molecule has 0 aliphatic heterocycles. The van der Waals surface area contributed by atoms with Gasteiger partial charge in [0.1, 0.15) is 0 Å². The summed E-state index contributed by atoms with van der Waals surface area (Å²) in [7, 11) is 0. The second kappa shape index (κ2) is 8.91. The minimum Gasteiger partial charge on any atom is -0.389 e. The lowest BCUT2D eigenvalue weighted by Gasteiger charge is -2.12. The number of nitrogens with one attached hydrogen (secondary N) is 1. The number of aliphatic hydroxyl groups is 1. The lowest BCUT2D eigenvalue weighted by molar-refractivity contribution is -0.118. The molecule has 3 nitrogen and oxygen atoms in total. The average Bonchev–Trinajstić information content (AvgIpc) is 2.58. The summed E-state index contributed by atoms with van der Waals surface area (Å²) in [6.07, 6.45) is 2.72. The maximum absolute atomic E-state index is 10.9. The summed E-state index contributed by atoms with van der Waals surface area (Å²) in [5, 5.41) is 13.1. The van der Waals surface area contributed by atoms with Crippen molar-refractivity contribution in [1.29, 1.82) is 0 Å². The van der Waals surface area contributed by atoms with E-state index in [0.29, 0.717) is 13.0 Å². The monoisotopic (exact) mass is 309 g/mol. The van der Waals surface area contributed by atoms with Gasteiger partial charge in [0.2, 0.25) is 5.91 Å². The molecular weight excluding hydrogens is 286 g/mol. The molecule has 23 heavy (non-hydrogen) atoms. The van der Waals surface area contributed by atoms with Crippen LogP contribution in [-0.4, -0.2) is 23.7 Å². The Labute approximate surface area is 137 Å². The first kappa shape index (κ1) is 17.0. The van der Waals surface area contributed by atoms with Crippen molar-refractivity contribution in [2.45, 2.75) is 25.9 Å². The number of carbonyl (C=O) groups is 1. The van der Waals surface area contributed by atoms with Crippen LogP contribution in [0.25, 0.3) is 5.57 Å². The van der Waals surface area contributed by atoms with Crippen LogP contribution in [0, 0.1) is 0 Å². The number of hydrogen-bond acceptors (Lipinski definition) is 2. The van der Waals surface area contributed by atoms with Gasteiger partial charge in [0.05, 0.1) is 6.10 Å². The second-order valence-corrected chi connectivity index (χ2v) is 5.50. The van der Waals surface area contributed by atoms with Gasteiger partial charge >= 0.3 is 0 Å². The number of amides is 1. The molecule has 2 aromatic rings. The number of rotatable bonds is 7. The summed E-state index contributed by atoms with van der Waals surface area (Å²) >= 11 is 0. The fraction of sp³-hybridized carbons (Fsp3) is 0.250. The molecule has 0 saturated carbocycles. The fourth-order valence-electron chi connectivity index (χ4n) is 2.45. The molecule has 0 saturated heterocycles. The Balaban J connectivity index is 2.12. The minimum absolute atomic E-state index is 0.0377. The summed E-state index contributed by atoms with van der Waals surface area (Å²) < 4.78 is 0. The van der Waals surface area contributed by atoms with Crippen LogP contribution >= 0.6 is 0 Å². The van der Waals surface area contributed by atoms with Gasteiger partial charge in [-0.2, -0.15) is 0 Å². The molecule has 0 bridgehead atoms. The van der Waals surface area contributed by atoms with Crippen molar-refractivity contribution >= 4 is 11.5 Å². The number of aliphatic hydroxyl groups excluding tert-OH is 1. The van der Waals surface area contributed by atoms with Crippen LogP contribution in [0.3, 0.4) is 0 Å². The minimum atomic E-state index is -0.542. The first-order chi connectivity index (χ1) is 11.2. The molecule has 3 heteroatoms. The highest BCUT2D eigenvalue weighted by Crippen LogP contribution is 2.24. The quantitative estimate of drug-likeness (QED) is 0.770. The van der Waals surface area contributed by atoms with Gasteiger partial charge < -0.3 is 10.4 Å². The summed E-state index contributed by atoms with van der Waals surface area (Å²) in [6.45, 7) is 2.09. The zero-order valence-corrected chi connectivity index (χ0v) is 13.4. The molecule has 0 spiro atoms. The van der Waals surface area contributed by atoms with Crippen LogP contribution < -0.4 is 5.32 Å². The molecule has 0 aromatic heterocycles. The standard InChI is InChI=1S/C20H23NO2/c1-16(22)21-14-8-13-19(23)15-20(17-9-4-2-5-10-17)18-11-6-3-7-12-18/h2-7,9-12,15,19,23H,8,13-14H2,1H3,(H,21,22). The Morgan fingerprint density at radius 3 is 2.04 bits per heavy atom. The van der Waals surface area contributed by atoms with E-state index in [1.54, 1.807) is 0 Å². The third-order valence-electron chi connectivity index (χ3n) is 3.58. The van der Waals surface area contributed by atoms with Crippen molar-refractivity contribution in [3.63, 3.8) is 0 Å². The van der Waals surface area contributed by atoms with Gasteiger partial charge in [-0.15, -0.1) is 0 Å². The lowest BCUT2D eigenvalue weighted by atomic mass is 9.95. The van der Waals surface area contributed by atoms with Crippen LogP contribution in [0.15, 0.2) is 66.7 Å². The third-order valence-corrected chi connectivity index (χ3v) is 3.58. The Morgan fingerprint density at radius 2 is 1.57 bits per heavy atom. The molecule has 120 valence electrons. The SMILES string of the molecule is CC(=O)NCCCC(O)C=C(c1ccccc1)c1ccccc1. The summed E-state index contributed by atoms with van der Waals surface area (Å²) in [4.78, 5) is 10.9. The van der Waals surface area contributed by atoms with E-state index in [-0.39, 0.29) is 5.91 Å². The predicted molar refractivity (Wildman–Crippen MR) is 93.9 cm³/mol. The highest BCUT2D eigenvalue weighted by atomic mass is 16.3. The van der Waals surface area contributed by atoms with Crippen LogP contribution in [0.2, 0.25) is 0 Å². The van der Waals surface area contributed by atoms with Gasteiger partial charge in [-0.25, -0.2) is 0 Å². The van der Waals surface area contributed by atoms with Crippen molar-refractivity contribution in [2.24, 2.45) is 0 Å². The Bertz CT molecular complexity index is 594. The van der Waals surface area contributed by atoms with Gasteiger partial charge in [0.25, 0.3) is 0 Å². The Kier molecular flexibility index (Phi) is 6.57. The predicted octanol–water partition coefficient (Wildman–Crippen LogP) is 3.40. The fourth-order valence-corrected chi connectivity index (χ4v) is 2.45.